The molecule has 2 atom stereocenters. The Kier molecular flexibility index (Phi) is 6.99. The fourth-order valence-corrected chi connectivity index (χ4v) is 3.65. The molecule has 0 aromatic heterocycles. The Morgan fingerprint density at radius 3 is 2.41 bits per heavy atom. The zero-order chi connectivity index (χ0) is 19.1. The zero-order valence-corrected chi connectivity index (χ0v) is 16.1. The largest absolute Gasteiger partial charge is 0.508 e. The lowest BCUT2D eigenvalue weighted by molar-refractivity contribution is 0.0945. The van der Waals surface area contributed by atoms with Crippen LogP contribution in [0.4, 0.5) is 0 Å². The van der Waals surface area contributed by atoms with Crippen LogP contribution in [0.2, 0.25) is 5.02 Å². The average molecular weight is 388 g/mol. The summed E-state index contributed by atoms with van der Waals surface area (Å²) in [6, 6.07) is 13.8. The number of amides is 1. The van der Waals surface area contributed by atoms with Crippen molar-refractivity contribution in [3.8, 4) is 11.5 Å². The average Bonchev–Trinajstić information content (AvgIpc) is 2.91. The van der Waals surface area contributed by atoms with Gasteiger partial charge in [-0.05, 0) is 86.1 Å². The highest BCUT2D eigenvalue weighted by Crippen LogP contribution is 2.28. The highest BCUT2D eigenvalue weighted by Gasteiger charge is 2.20. The molecule has 2 unspecified atom stereocenters. The van der Waals surface area contributed by atoms with E-state index in [9.17, 15) is 9.90 Å². The summed E-state index contributed by atoms with van der Waals surface area (Å²) in [5.74, 6) is 2.01. The van der Waals surface area contributed by atoms with E-state index in [4.69, 9.17) is 16.3 Å². The van der Waals surface area contributed by atoms with Gasteiger partial charge in [-0.15, -0.1) is 0 Å². The number of phenols is 1. The second-order valence-electron chi connectivity index (χ2n) is 7.26. The van der Waals surface area contributed by atoms with Crippen molar-refractivity contribution in [2.45, 2.75) is 32.1 Å². The molecule has 1 amide bonds. The molecule has 5 heteroatoms. The molecule has 4 nitrogen and oxygen atoms in total. The lowest BCUT2D eigenvalue weighted by Gasteiger charge is -2.17. The second kappa shape index (κ2) is 9.65. The van der Waals surface area contributed by atoms with E-state index in [1.807, 2.05) is 24.3 Å². The Hall–Kier alpha value is -2.20. The van der Waals surface area contributed by atoms with E-state index in [0.29, 0.717) is 29.0 Å². The smallest absolute Gasteiger partial charge is 0.251 e. The first kappa shape index (κ1) is 19.6. The van der Waals surface area contributed by atoms with E-state index >= 15 is 0 Å². The predicted molar refractivity (Wildman–Crippen MR) is 107 cm³/mol. The molecule has 0 radical (unpaired) electrons. The van der Waals surface area contributed by atoms with Gasteiger partial charge < -0.3 is 15.2 Å². The number of halogens is 1. The number of hydrogen-bond acceptors (Lipinski definition) is 3. The van der Waals surface area contributed by atoms with Crippen LogP contribution in [0.5, 0.6) is 11.5 Å². The minimum Gasteiger partial charge on any atom is -0.508 e. The topological polar surface area (TPSA) is 58.6 Å². The highest BCUT2D eigenvalue weighted by atomic mass is 35.5. The van der Waals surface area contributed by atoms with Gasteiger partial charge in [0.1, 0.15) is 11.5 Å². The lowest BCUT2D eigenvalue weighted by atomic mass is 9.98. The van der Waals surface area contributed by atoms with E-state index < -0.39 is 0 Å². The summed E-state index contributed by atoms with van der Waals surface area (Å²) in [6.45, 7) is 1.43. The van der Waals surface area contributed by atoms with Gasteiger partial charge in [0.15, 0.2) is 0 Å². The van der Waals surface area contributed by atoms with Crippen LogP contribution < -0.4 is 10.1 Å². The molecule has 2 aromatic rings. The van der Waals surface area contributed by atoms with Gasteiger partial charge >= 0.3 is 0 Å². The number of carbonyl (C=O) groups is 1. The Bertz CT molecular complexity index is 730. The van der Waals surface area contributed by atoms with Crippen molar-refractivity contribution in [2.75, 3.05) is 13.2 Å². The minimum absolute atomic E-state index is 0.0816. The van der Waals surface area contributed by atoms with E-state index in [2.05, 4.69) is 5.32 Å². The molecule has 0 bridgehead atoms. The summed E-state index contributed by atoms with van der Waals surface area (Å²) in [4.78, 5) is 12.2. The summed E-state index contributed by atoms with van der Waals surface area (Å²) in [7, 11) is 0. The van der Waals surface area contributed by atoms with E-state index in [1.165, 1.54) is 12.1 Å². The van der Waals surface area contributed by atoms with Crippen LogP contribution in [0.25, 0.3) is 0 Å². The highest BCUT2D eigenvalue weighted by molar-refractivity contribution is 6.30. The Balaban J connectivity index is 1.40. The van der Waals surface area contributed by atoms with Gasteiger partial charge in [-0.2, -0.15) is 0 Å². The van der Waals surface area contributed by atoms with Crippen molar-refractivity contribution in [1.29, 1.82) is 0 Å². The maximum absolute atomic E-state index is 12.2. The van der Waals surface area contributed by atoms with Gasteiger partial charge in [-0.25, -0.2) is 0 Å². The molecular weight excluding hydrogens is 362 g/mol. The van der Waals surface area contributed by atoms with Crippen molar-refractivity contribution >= 4 is 17.5 Å². The first-order chi connectivity index (χ1) is 13.1. The lowest BCUT2D eigenvalue weighted by Crippen LogP contribution is -2.29. The molecule has 27 heavy (non-hydrogen) atoms. The molecule has 0 saturated heterocycles. The summed E-state index contributed by atoms with van der Waals surface area (Å²) in [5.41, 5.74) is 0.579. The number of rotatable bonds is 6. The maximum atomic E-state index is 12.2. The number of aromatic hydroxyl groups is 1. The zero-order valence-electron chi connectivity index (χ0n) is 15.4. The van der Waals surface area contributed by atoms with Gasteiger partial charge in [0.25, 0.3) is 5.91 Å². The van der Waals surface area contributed by atoms with Gasteiger partial charge in [0.2, 0.25) is 0 Å². The number of hydrogen-bond donors (Lipinski definition) is 2. The second-order valence-corrected chi connectivity index (χ2v) is 7.70. The van der Waals surface area contributed by atoms with Crippen LogP contribution in [0.15, 0.2) is 48.5 Å². The first-order valence-electron chi connectivity index (χ1n) is 9.56. The van der Waals surface area contributed by atoms with Crippen LogP contribution in [-0.4, -0.2) is 24.2 Å². The predicted octanol–water partition coefficient (Wildman–Crippen LogP) is 5.05. The van der Waals surface area contributed by atoms with Crippen molar-refractivity contribution in [2.24, 2.45) is 11.8 Å². The van der Waals surface area contributed by atoms with Crippen molar-refractivity contribution in [1.82, 2.24) is 5.32 Å². The monoisotopic (exact) mass is 387 g/mol. The standard InChI is InChI=1S/C22H26ClNO3/c23-19-8-12-21(13-9-19)27-15-17-3-1-2-16(4-5-17)14-24-22(26)18-6-10-20(25)11-7-18/h6-13,16-17,25H,1-5,14-15H2,(H,24,26). The molecule has 0 heterocycles. The van der Waals surface area contributed by atoms with Gasteiger partial charge in [-0.1, -0.05) is 18.0 Å². The first-order valence-corrected chi connectivity index (χ1v) is 9.93. The third-order valence-electron chi connectivity index (χ3n) is 5.19. The SMILES string of the molecule is O=C(NCC1CCCC(COc2ccc(Cl)cc2)CC1)c1ccc(O)cc1. The molecule has 0 spiro atoms. The summed E-state index contributed by atoms with van der Waals surface area (Å²) < 4.78 is 5.91. The number of ether oxygens (including phenoxy) is 1. The van der Waals surface area contributed by atoms with Gasteiger partial charge in [-0.3, -0.25) is 4.79 Å². The third-order valence-corrected chi connectivity index (χ3v) is 5.44. The normalized spacial score (nSPS) is 19.9. The van der Waals surface area contributed by atoms with E-state index in [0.717, 1.165) is 44.5 Å². The maximum Gasteiger partial charge on any atom is 0.251 e. The van der Waals surface area contributed by atoms with Crippen molar-refractivity contribution < 1.29 is 14.6 Å². The quantitative estimate of drug-likeness (QED) is 0.682. The fourth-order valence-electron chi connectivity index (χ4n) is 3.52. The summed E-state index contributed by atoms with van der Waals surface area (Å²) in [6.07, 6.45) is 5.68. The minimum atomic E-state index is -0.0816. The van der Waals surface area contributed by atoms with Crippen molar-refractivity contribution in [3.63, 3.8) is 0 Å². The number of carbonyl (C=O) groups excluding carboxylic acids is 1. The molecule has 1 aliphatic rings. The Labute approximate surface area is 165 Å². The number of nitrogens with one attached hydrogen (secondary N) is 1. The third kappa shape index (κ3) is 6.17. The molecule has 1 fully saturated rings. The molecule has 2 aromatic carbocycles. The van der Waals surface area contributed by atoms with Crippen LogP contribution >= 0.6 is 11.6 Å². The van der Waals surface area contributed by atoms with E-state index in [1.54, 1.807) is 12.1 Å². The van der Waals surface area contributed by atoms with Gasteiger partial charge in [0.05, 0.1) is 6.61 Å². The fraction of sp³-hybridized carbons (Fsp3) is 0.409. The number of benzene rings is 2. The van der Waals surface area contributed by atoms with Gasteiger partial charge in [0, 0.05) is 17.1 Å². The summed E-state index contributed by atoms with van der Waals surface area (Å²) >= 11 is 5.90. The van der Waals surface area contributed by atoms with Crippen LogP contribution in [0.3, 0.4) is 0 Å². The molecule has 1 saturated carbocycles. The van der Waals surface area contributed by atoms with Crippen molar-refractivity contribution in [3.05, 3.63) is 59.1 Å². The molecule has 1 aliphatic carbocycles. The van der Waals surface area contributed by atoms with Crippen LogP contribution in [0.1, 0.15) is 42.5 Å². The Morgan fingerprint density at radius 1 is 1.00 bits per heavy atom. The molecule has 144 valence electrons. The summed E-state index contributed by atoms with van der Waals surface area (Å²) in [5, 5.41) is 13.1. The molecule has 3 rings (SSSR count). The van der Waals surface area contributed by atoms with Crippen LogP contribution in [-0.2, 0) is 0 Å². The molecular formula is C22H26ClNO3. The van der Waals surface area contributed by atoms with Crippen LogP contribution in [0, 0.1) is 11.8 Å². The Morgan fingerprint density at radius 2 is 1.67 bits per heavy atom. The molecule has 2 N–H and O–H groups in total. The molecule has 0 aliphatic heterocycles. The number of phenolic OH excluding ortho intramolecular Hbond substituents is 1. The van der Waals surface area contributed by atoms with E-state index in [-0.39, 0.29) is 11.7 Å².